The molecule has 2 aliphatic carbocycles. The Balaban J connectivity index is 1.22. The summed E-state index contributed by atoms with van der Waals surface area (Å²) in [7, 11) is 0. The summed E-state index contributed by atoms with van der Waals surface area (Å²) in [4.78, 5) is 0.969. The summed E-state index contributed by atoms with van der Waals surface area (Å²) < 4.78 is 350. The van der Waals surface area contributed by atoms with Crippen molar-refractivity contribution in [2.75, 3.05) is 4.90 Å². The summed E-state index contributed by atoms with van der Waals surface area (Å²) in [6.07, 6.45) is 0. The molecule has 0 atom stereocenters. The van der Waals surface area contributed by atoms with Gasteiger partial charge in [0.25, 0.3) is 0 Å². The number of hydrogen-bond acceptors (Lipinski definition) is 1. The van der Waals surface area contributed by atoms with Crippen molar-refractivity contribution in [1.82, 2.24) is 0 Å². The highest BCUT2D eigenvalue weighted by molar-refractivity contribution is 6.05. The Bertz CT molecular complexity index is 5780. The fraction of sp³-hybridized carbons (Fsp3) is 0.0588. The molecule has 0 fully saturated rings. The summed E-state index contributed by atoms with van der Waals surface area (Å²) in [6, 6.07) is -17.5. The van der Waals surface area contributed by atoms with Gasteiger partial charge in [0, 0.05) is 30.6 Å². The van der Waals surface area contributed by atoms with Crippen LogP contribution in [0.3, 0.4) is 0 Å². The van der Waals surface area contributed by atoms with Crippen molar-refractivity contribution >= 4 is 27.8 Å². The monoisotopic (exact) mass is 918 g/mol. The molecule has 326 valence electrons. The van der Waals surface area contributed by atoms with E-state index in [-0.39, 0.29) is 11.1 Å². The van der Waals surface area contributed by atoms with Crippen LogP contribution in [0.15, 0.2) is 260 Å². The van der Waals surface area contributed by atoms with Crippen LogP contribution in [-0.2, 0) is 10.8 Å². The van der Waals surface area contributed by atoms with E-state index in [9.17, 15) is 30.2 Å². The minimum atomic E-state index is -3.81. The molecule has 0 unspecified atom stereocenters. The van der Waals surface area contributed by atoms with Gasteiger partial charge in [0.05, 0.1) is 55.0 Å². The third kappa shape index (κ3) is 6.31. The molecule has 0 N–H and O–H groups in total. The van der Waals surface area contributed by atoms with Crippen LogP contribution in [0.5, 0.6) is 0 Å². The van der Waals surface area contributed by atoms with Gasteiger partial charge in [-0.25, -0.2) is 0 Å². The minimum Gasteiger partial charge on any atom is -0.310 e. The second-order valence-corrected chi connectivity index (χ2v) is 15.9. The number of anilines is 3. The van der Waals surface area contributed by atoms with E-state index in [1.165, 1.54) is 0 Å². The SMILES string of the molecule is [2H]c1cc(N(c2ccc3c(c2)C(C([2H])([2H])[2H])(C([2H])([2H])[2H])c2c([2H])c([2H])c([2H])c([2H])c2-3)c2cc([2H])c([2H])c3c2-c2cc([2H])c([2H])c([2H])c2C3(c2cc([2H])c([2H])c([2H])c2[2H])c2cc([2H])c([2H])c([2H])c2[2H])c([2H])cc1-c1c([2H])c([2H])c2c([2H])c([2H])c([2H])c([2H])c2c1-c1cc([2H])c(-c2c([2H])c([2H])c([2H])c([2H])c2[2H])c([2H])c1. The van der Waals surface area contributed by atoms with Crippen LogP contribution in [0, 0.1) is 0 Å². The van der Waals surface area contributed by atoms with Crippen molar-refractivity contribution in [3.8, 4) is 55.6 Å². The number of rotatable bonds is 8. The first-order chi connectivity index (χ1) is 49.7. The Morgan fingerprint density at radius 1 is 0.362 bits per heavy atom. The maximum absolute atomic E-state index is 10.4. The summed E-state index contributed by atoms with van der Waals surface area (Å²) in [5.41, 5.74) is -17.2. The van der Waals surface area contributed by atoms with Gasteiger partial charge in [-0.1, -0.05) is 243 Å². The molecule has 0 saturated heterocycles. The largest absolute Gasteiger partial charge is 0.310 e. The summed E-state index contributed by atoms with van der Waals surface area (Å²) in [5.74, 6) is 0. The maximum atomic E-state index is 10.4. The topological polar surface area (TPSA) is 3.24 Å². The average molecular weight is 918 g/mol. The van der Waals surface area contributed by atoms with Gasteiger partial charge >= 0.3 is 0 Å². The molecule has 0 saturated carbocycles. The fourth-order valence-corrected chi connectivity index (χ4v) is 9.41. The van der Waals surface area contributed by atoms with Crippen molar-refractivity contribution in [1.29, 1.82) is 0 Å². The molecular weight excluding hydrogens is 831 g/mol. The summed E-state index contributed by atoms with van der Waals surface area (Å²) in [6.45, 7) is -7.61. The van der Waals surface area contributed by atoms with Crippen LogP contribution in [-0.4, -0.2) is 0 Å². The molecule has 0 amide bonds. The van der Waals surface area contributed by atoms with Crippen LogP contribution in [0.2, 0.25) is 0 Å². The number of fused-ring (bicyclic) bond motifs is 7. The molecular formula is C68H49N. The summed E-state index contributed by atoms with van der Waals surface area (Å²) in [5, 5.41) is -1.15. The smallest absolute Gasteiger partial charge is 0.0714 e. The molecule has 1 heteroatoms. The minimum absolute atomic E-state index is 0.361. The zero-order valence-corrected chi connectivity index (χ0v) is 35.3. The van der Waals surface area contributed by atoms with Crippen molar-refractivity contribution in [2.45, 2.75) is 24.5 Å². The molecule has 2 aliphatic rings. The molecule has 0 bridgehead atoms. The Kier molecular flexibility index (Phi) is 4.08. The van der Waals surface area contributed by atoms with Gasteiger partial charge < -0.3 is 4.90 Å². The predicted octanol–water partition coefficient (Wildman–Crippen LogP) is 18.0. The lowest BCUT2D eigenvalue weighted by molar-refractivity contribution is 0.660. The molecule has 11 aromatic carbocycles. The third-order valence-corrected chi connectivity index (χ3v) is 12.3. The van der Waals surface area contributed by atoms with Crippen LogP contribution in [0.25, 0.3) is 66.4 Å². The molecule has 13 rings (SSSR count). The van der Waals surface area contributed by atoms with Gasteiger partial charge in [-0.2, -0.15) is 0 Å². The second-order valence-electron chi connectivity index (χ2n) is 15.9. The maximum Gasteiger partial charge on any atom is 0.0714 e. The Hall–Kier alpha value is -8.52. The number of hydrogen-bond donors (Lipinski definition) is 0. The van der Waals surface area contributed by atoms with Gasteiger partial charge in [0.15, 0.2) is 0 Å². The van der Waals surface area contributed by atoms with Gasteiger partial charge in [-0.15, -0.1) is 0 Å². The van der Waals surface area contributed by atoms with Gasteiger partial charge in [0.2, 0.25) is 0 Å². The predicted molar refractivity (Wildman–Crippen MR) is 290 cm³/mol. The molecule has 0 heterocycles. The van der Waals surface area contributed by atoms with E-state index in [1.807, 2.05) is 0 Å². The molecule has 0 aliphatic heterocycles. The molecule has 69 heavy (non-hydrogen) atoms. The quantitative estimate of drug-likeness (QED) is 0.147. The van der Waals surface area contributed by atoms with Crippen LogP contribution >= 0.6 is 0 Å². The first kappa shape index (κ1) is 17.5. The standard InChI is InChI=1S/C68H49N/c1-67(2)60-29-16-14-27-57(60)58-44-42-54(45-63(58)67)69(64-32-18-31-62-66(64)59-28-15-17-30-61(59)68(62,51-22-8-4-9-23-51)52-24-10-5-11-25-52)53-40-37-49(38-41-53)56-43-39-48-21-12-13-26-55(48)65(56)50-35-33-47(34-36-50)46-19-6-3-7-20-46/h3-45H,1-2H3/i1D3,2D3,3D,4D,5D,6D,7D,8D,9D,10D,11D,12D,13D,14D,15D,16D,17D,18D,19D,20D,21D,22D,24D,26D,27D,29D,30D,31D,33D,34D,37D,39D,41D,43D. The van der Waals surface area contributed by atoms with Crippen LogP contribution < -0.4 is 4.90 Å². The molecule has 11 aromatic rings. The Labute approximate surface area is 458 Å². The third-order valence-electron chi connectivity index (χ3n) is 12.3. The first-order valence-corrected chi connectivity index (χ1v) is 21.0. The number of benzene rings is 11. The lowest BCUT2D eigenvalue weighted by Crippen LogP contribution is -2.28. The molecule has 0 radical (unpaired) electrons. The molecule has 1 nitrogen and oxygen atoms in total. The van der Waals surface area contributed by atoms with Crippen molar-refractivity contribution in [2.24, 2.45) is 0 Å². The zero-order chi connectivity index (χ0) is 79.0. The second kappa shape index (κ2) is 16.1. The molecule has 0 aromatic heterocycles. The van der Waals surface area contributed by atoms with E-state index in [0.717, 1.165) is 71.6 Å². The lowest BCUT2D eigenvalue weighted by atomic mass is 9.68. The van der Waals surface area contributed by atoms with E-state index < -0.39 is 324 Å². The van der Waals surface area contributed by atoms with Gasteiger partial charge in [-0.05, 0) is 125 Å². The summed E-state index contributed by atoms with van der Waals surface area (Å²) >= 11 is 0. The van der Waals surface area contributed by atoms with E-state index in [0.29, 0.717) is 0 Å². The van der Waals surface area contributed by atoms with Crippen molar-refractivity contribution in [3.05, 3.63) is 293 Å². The van der Waals surface area contributed by atoms with E-state index in [4.69, 9.17) is 21.9 Å². The van der Waals surface area contributed by atoms with Crippen molar-refractivity contribution < 1.29 is 52.1 Å². The Morgan fingerprint density at radius 3 is 1.84 bits per heavy atom. The van der Waals surface area contributed by atoms with E-state index in [1.54, 1.807) is 0 Å². The lowest BCUT2D eigenvalue weighted by Gasteiger charge is -2.34. The first-order valence-electron chi connectivity index (χ1n) is 40.0. The fourth-order valence-electron chi connectivity index (χ4n) is 9.41. The number of nitrogens with zero attached hydrogens (tertiary/aromatic N) is 1. The van der Waals surface area contributed by atoms with E-state index in [2.05, 4.69) is 0 Å². The highest BCUT2D eigenvalue weighted by Gasteiger charge is 2.47. The zero-order valence-electron chi connectivity index (χ0n) is 73.3. The highest BCUT2D eigenvalue weighted by atomic mass is 15.1. The van der Waals surface area contributed by atoms with Crippen molar-refractivity contribution in [3.63, 3.8) is 0 Å². The average Bonchev–Trinajstić information content (AvgIpc) is 1.52. The Morgan fingerprint density at radius 2 is 1.01 bits per heavy atom. The van der Waals surface area contributed by atoms with Crippen LogP contribution in [0.1, 0.15) is 99.2 Å². The normalized spacial score (nSPS) is 21.7. The molecule has 0 spiro atoms. The highest BCUT2D eigenvalue weighted by Crippen LogP contribution is 2.60. The van der Waals surface area contributed by atoms with Gasteiger partial charge in [-0.3, -0.25) is 0 Å². The van der Waals surface area contributed by atoms with Crippen LogP contribution in [0.4, 0.5) is 17.1 Å². The van der Waals surface area contributed by atoms with Gasteiger partial charge in [0.1, 0.15) is 0 Å². The van der Waals surface area contributed by atoms with E-state index >= 15 is 0 Å².